The van der Waals surface area contributed by atoms with Gasteiger partial charge in [0.2, 0.25) is 0 Å². The molecule has 0 unspecified atom stereocenters. The number of hydrogen-bond donors (Lipinski definition) is 0. The van der Waals surface area contributed by atoms with Gasteiger partial charge in [-0.15, -0.1) is 0 Å². The maximum Gasteiger partial charge on any atom is 0.330 e. The molecule has 1 aliphatic rings. The summed E-state index contributed by atoms with van der Waals surface area (Å²) in [6, 6.07) is 5.31. The SMILES string of the molecule is CCOC(=O)CC1=CN(S(=O)(=O)c2ccc(C)cc2)[C@H](C(=O)OC(C)(C)C)C1. The van der Waals surface area contributed by atoms with Crippen LogP contribution in [-0.4, -0.2) is 42.9 Å². The summed E-state index contributed by atoms with van der Waals surface area (Å²) in [4.78, 5) is 24.6. The van der Waals surface area contributed by atoms with Crippen LogP contribution < -0.4 is 0 Å². The predicted molar refractivity (Wildman–Crippen MR) is 104 cm³/mol. The second-order valence-corrected chi connectivity index (χ2v) is 9.51. The summed E-state index contributed by atoms with van der Waals surface area (Å²) in [5.41, 5.74) is 0.660. The molecule has 0 N–H and O–H groups in total. The lowest BCUT2D eigenvalue weighted by molar-refractivity contribution is -0.158. The number of esters is 2. The van der Waals surface area contributed by atoms with Gasteiger partial charge >= 0.3 is 11.9 Å². The lowest BCUT2D eigenvalue weighted by Crippen LogP contribution is -2.42. The van der Waals surface area contributed by atoms with Gasteiger partial charge in [-0.3, -0.25) is 9.10 Å². The second kappa shape index (κ2) is 8.34. The van der Waals surface area contributed by atoms with Gasteiger partial charge in [-0.25, -0.2) is 13.2 Å². The molecule has 1 aromatic carbocycles. The van der Waals surface area contributed by atoms with Crippen LogP contribution in [0.2, 0.25) is 0 Å². The molecule has 0 bridgehead atoms. The Labute approximate surface area is 166 Å². The van der Waals surface area contributed by atoms with Crippen molar-refractivity contribution in [2.75, 3.05) is 6.61 Å². The summed E-state index contributed by atoms with van der Waals surface area (Å²) in [5, 5.41) is 0. The van der Waals surface area contributed by atoms with E-state index in [-0.39, 0.29) is 24.3 Å². The minimum Gasteiger partial charge on any atom is -0.466 e. The highest BCUT2D eigenvalue weighted by Crippen LogP contribution is 2.32. The van der Waals surface area contributed by atoms with Crippen molar-refractivity contribution >= 4 is 22.0 Å². The van der Waals surface area contributed by atoms with Crippen LogP contribution in [0.5, 0.6) is 0 Å². The molecular weight excluding hydrogens is 382 g/mol. The van der Waals surface area contributed by atoms with Crippen molar-refractivity contribution in [3.8, 4) is 0 Å². The van der Waals surface area contributed by atoms with E-state index < -0.39 is 33.6 Å². The van der Waals surface area contributed by atoms with Crippen LogP contribution in [0.25, 0.3) is 0 Å². The Morgan fingerprint density at radius 2 is 1.79 bits per heavy atom. The average Bonchev–Trinajstić information content (AvgIpc) is 2.98. The molecule has 0 aliphatic carbocycles. The molecule has 0 spiro atoms. The van der Waals surface area contributed by atoms with Crippen molar-refractivity contribution in [1.82, 2.24) is 4.31 Å². The first kappa shape index (κ1) is 21.9. The van der Waals surface area contributed by atoms with Crippen LogP contribution in [0.4, 0.5) is 0 Å². The van der Waals surface area contributed by atoms with Crippen molar-refractivity contribution in [1.29, 1.82) is 0 Å². The van der Waals surface area contributed by atoms with E-state index in [9.17, 15) is 18.0 Å². The number of carbonyl (C=O) groups excluding carboxylic acids is 2. The summed E-state index contributed by atoms with van der Waals surface area (Å²) in [5.74, 6) is -1.12. The van der Waals surface area contributed by atoms with E-state index in [2.05, 4.69) is 0 Å². The highest BCUT2D eigenvalue weighted by Gasteiger charge is 2.41. The van der Waals surface area contributed by atoms with Crippen molar-refractivity contribution in [2.45, 2.75) is 64.0 Å². The molecule has 28 heavy (non-hydrogen) atoms. The predicted octanol–water partition coefficient (Wildman–Crippen LogP) is 2.94. The number of ether oxygens (including phenoxy) is 2. The summed E-state index contributed by atoms with van der Waals surface area (Å²) < 4.78 is 37.6. The molecule has 2 rings (SSSR count). The third-order valence-corrected chi connectivity index (χ3v) is 5.81. The Kier molecular flexibility index (Phi) is 6.54. The van der Waals surface area contributed by atoms with Crippen LogP contribution in [0, 0.1) is 6.92 Å². The third kappa shape index (κ3) is 5.34. The lowest BCUT2D eigenvalue weighted by Gasteiger charge is -2.27. The van der Waals surface area contributed by atoms with Crippen LogP contribution in [0.15, 0.2) is 40.9 Å². The molecule has 1 heterocycles. The van der Waals surface area contributed by atoms with Gasteiger partial charge < -0.3 is 9.47 Å². The third-order valence-electron chi connectivity index (χ3n) is 4.02. The molecule has 1 aromatic rings. The molecule has 0 fully saturated rings. The summed E-state index contributed by atoms with van der Waals surface area (Å²) >= 11 is 0. The molecule has 0 saturated heterocycles. The highest BCUT2D eigenvalue weighted by atomic mass is 32.2. The maximum atomic E-state index is 13.1. The Balaban J connectivity index is 2.37. The van der Waals surface area contributed by atoms with Gasteiger partial charge in [-0.1, -0.05) is 17.7 Å². The van der Waals surface area contributed by atoms with Crippen LogP contribution in [0.3, 0.4) is 0 Å². The first-order valence-corrected chi connectivity index (χ1v) is 10.6. The van der Waals surface area contributed by atoms with Crippen LogP contribution in [0.1, 0.15) is 46.1 Å². The monoisotopic (exact) mass is 409 g/mol. The maximum absolute atomic E-state index is 13.1. The largest absolute Gasteiger partial charge is 0.466 e. The first-order chi connectivity index (χ1) is 12.9. The van der Waals surface area contributed by atoms with Gasteiger partial charge in [0.05, 0.1) is 17.9 Å². The molecule has 154 valence electrons. The van der Waals surface area contributed by atoms with E-state index in [1.807, 2.05) is 6.92 Å². The fourth-order valence-electron chi connectivity index (χ4n) is 2.80. The number of sulfonamides is 1. The Hall–Kier alpha value is -2.35. The molecule has 0 radical (unpaired) electrons. The normalized spacial score (nSPS) is 17.2. The Bertz CT molecular complexity index is 865. The fourth-order valence-corrected chi connectivity index (χ4v) is 4.31. The molecule has 0 aromatic heterocycles. The summed E-state index contributed by atoms with van der Waals surface area (Å²) in [6.07, 6.45) is 1.35. The van der Waals surface area contributed by atoms with E-state index in [0.717, 1.165) is 9.87 Å². The van der Waals surface area contributed by atoms with Gasteiger partial charge in [-0.05, 0) is 52.3 Å². The zero-order chi connectivity index (χ0) is 21.1. The molecule has 1 atom stereocenters. The van der Waals surface area contributed by atoms with Gasteiger partial charge in [0, 0.05) is 12.6 Å². The minimum absolute atomic E-state index is 0.0697. The second-order valence-electron chi connectivity index (χ2n) is 7.67. The highest BCUT2D eigenvalue weighted by molar-refractivity contribution is 7.89. The quantitative estimate of drug-likeness (QED) is 0.671. The zero-order valence-corrected chi connectivity index (χ0v) is 17.7. The van der Waals surface area contributed by atoms with Crippen molar-refractivity contribution in [3.63, 3.8) is 0 Å². The lowest BCUT2D eigenvalue weighted by atomic mass is 10.1. The smallest absolute Gasteiger partial charge is 0.330 e. The minimum atomic E-state index is -3.98. The van der Waals surface area contributed by atoms with E-state index in [1.165, 1.54) is 18.3 Å². The van der Waals surface area contributed by atoms with Gasteiger partial charge in [0.1, 0.15) is 11.6 Å². The topological polar surface area (TPSA) is 90.0 Å². The average molecular weight is 410 g/mol. The van der Waals surface area contributed by atoms with Crippen LogP contribution >= 0.6 is 0 Å². The van der Waals surface area contributed by atoms with Gasteiger partial charge in [0.25, 0.3) is 10.0 Å². The van der Waals surface area contributed by atoms with Crippen LogP contribution in [-0.2, 0) is 29.1 Å². The molecule has 1 aliphatic heterocycles. The molecule has 0 amide bonds. The standard InChI is InChI=1S/C20H27NO6S/c1-6-26-18(22)12-15-11-17(19(23)27-20(3,4)5)21(13-15)28(24,25)16-9-7-14(2)8-10-16/h7-10,13,17H,6,11-12H2,1-5H3/t17-/m0/s1. The fraction of sp³-hybridized carbons (Fsp3) is 0.500. The molecular formula is C20H27NO6S. The molecule has 8 heteroatoms. The summed E-state index contributed by atoms with van der Waals surface area (Å²) in [6.45, 7) is 8.92. The van der Waals surface area contributed by atoms with E-state index in [4.69, 9.17) is 9.47 Å². The number of nitrogens with zero attached hydrogens (tertiary/aromatic N) is 1. The molecule has 0 saturated carbocycles. The van der Waals surface area contributed by atoms with E-state index in [0.29, 0.717) is 5.57 Å². The first-order valence-electron chi connectivity index (χ1n) is 9.12. The van der Waals surface area contributed by atoms with E-state index in [1.54, 1.807) is 39.8 Å². The van der Waals surface area contributed by atoms with E-state index >= 15 is 0 Å². The van der Waals surface area contributed by atoms with Gasteiger partial charge in [0.15, 0.2) is 0 Å². The number of carbonyl (C=O) groups is 2. The molecule has 7 nitrogen and oxygen atoms in total. The number of hydrogen-bond acceptors (Lipinski definition) is 6. The van der Waals surface area contributed by atoms with Crippen molar-refractivity contribution in [3.05, 3.63) is 41.6 Å². The number of benzene rings is 1. The number of rotatable bonds is 6. The van der Waals surface area contributed by atoms with Crippen molar-refractivity contribution < 1.29 is 27.5 Å². The number of aryl methyl sites for hydroxylation is 1. The van der Waals surface area contributed by atoms with Gasteiger partial charge in [-0.2, -0.15) is 0 Å². The zero-order valence-electron chi connectivity index (χ0n) is 16.9. The Morgan fingerprint density at radius 1 is 1.18 bits per heavy atom. The Morgan fingerprint density at radius 3 is 2.32 bits per heavy atom. The van der Waals surface area contributed by atoms with Crippen molar-refractivity contribution in [2.24, 2.45) is 0 Å². The summed E-state index contributed by atoms with van der Waals surface area (Å²) in [7, 11) is -3.98.